The molecule has 0 spiro atoms. The third-order valence-corrected chi connectivity index (χ3v) is 5.22. The maximum atomic E-state index is 13.9. The number of thiophene rings is 1. The molecule has 0 aliphatic rings. The summed E-state index contributed by atoms with van der Waals surface area (Å²) in [5.41, 5.74) is 1.40. The SMILES string of the molecule is COc1ccc(CN(C)C(=O)c2sc(NC(=O)c3ccco3)cc2C)cc1F. The Labute approximate surface area is 165 Å². The van der Waals surface area contributed by atoms with E-state index in [0.717, 1.165) is 5.56 Å². The molecule has 3 aromatic rings. The van der Waals surface area contributed by atoms with E-state index in [-0.39, 0.29) is 29.9 Å². The fourth-order valence-electron chi connectivity index (χ4n) is 2.66. The maximum absolute atomic E-state index is 13.9. The average molecular weight is 402 g/mol. The van der Waals surface area contributed by atoms with Crippen molar-refractivity contribution in [3.63, 3.8) is 0 Å². The molecule has 0 atom stereocenters. The number of nitrogens with one attached hydrogen (secondary N) is 1. The molecule has 0 saturated carbocycles. The third-order valence-electron chi connectivity index (χ3n) is 4.08. The minimum Gasteiger partial charge on any atom is -0.494 e. The molecule has 0 unspecified atom stereocenters. The minimum absolute atomic E-state index is 0.156. The lowest BCUT2D eigenvalue weighted by Crippen LogP contribution is -2.26. The Morgan fingerprint density at radius 1 is 1.29 bits per heavy atom. The molecule has 0 aliphatic carbocycles. The number of carbonyl (C=O) groups excluding carboxylic acids is 2. The van der Waals surface area contributed by atoms with Crippen LogP contribution in [0.2, 0.25) is 0 Å². The Hall–Kier alpha value is -3.13. The van der Waals surface area contributed by atoms with Gasteiger partial charge in [0, 0.05) is 13.6 Å². The highest BCUT2D eigenvalue weighted by atomic mass is 32.1. The van der Waals surface area contributed by atoms with Gasteiger partial charge in [0.25, 0.3) is 11.8 Å². The number of halogens is 1. The summed E-state index contributed by atoms with van der Waals surface area (Å²) in [7, 11) is 3.04. The Morgan fingerprint density at radius 2 is 2.07 bits per heavy atom. The molecule has 1 aromatic carbocycles. The zero-order valence-corrected chi connectivity index (χ0v) is 16.4. The van der Waals surface area contributed by atoms with Crippen LogP contribution in [0, 0.1) is 12.7 Å². The molecule has 3 rings (SSSR count). The number of methoxy groups -OCH3 is 1. The molecule has 146 valence electrons. The summed E-state index contributed by atoms with van der Waals surface area (Å²) in [5, 5.41) is 3.27. The highest BCUT2D eigenvalue weighted by Crippen LogP contribution is 2.28. The zero-order valence-electron chi connectivity index (χ0n) is 15.6. The smallest absolute Gasteiger partial charge is 0.291 e. The molecular formula is C20H19FN2O4S. The van der Waals surface area contributed by atoms with Gasteiger partial charge in [-0.1, -0.05) is 6.07 Å². The summed E-state index contributed by atoms with van der Waals surface area (Å²) < 4.78 is 23.8. The van der Waals surface area contributed by atoms with Crippen LogP contribution in [0.4, 0.5) is 9.39 Å². The number of hydrogen-bond acceptors (Lipinski definition) is 5. The molecule has 2 aromatic heterocycles. The van der Waals surface area contributed by atoms with Crippen LogP contribution < -0.4 is 10.1 Å². The lowest BCUT2D eigenvalue weighted by atomic mass is 10.2. The van der Waals surface area contributed by atoms with Crippen molar-refractivity contribution in [3.8, 4) is 5.75 Å². The van der Waals surface area contributed by atoms with Crippen molar-refractivity contribution >= 4 is 28.2 Å². The molecule has 28 heavy (non-hydrogen) atoms. The number of anilines is 1. The van der Waals surface area contributed by atoms with E-state index in [1.54, 1.807) is 38.2 Å². The first-order chi connectivity index (χ1) is 13.4. The van der Waals surface area contributed by atoms with Crippen molar-refractivity contribution in [1.29, 1.82) is 0 Å². The van der Waals surface area contributed by atoms with E-state index >= 15 is 0 Å². The first-order valence-electron chi connectivity index (χ1n) is 8.42. The molecule has 0 bridgehead atoms. The van der Waals surface area contributed by atoms with Crippen LogP contribution in [0.3, 0.4) is 0 Å². The quantitative estimate of drug-likeness (QED) is 0.666. The monoisotopic (exact) mass is 402 g/mol. The van der Waals surface area contributed by atoms with Gasteiger partial charge < -0.3 is 19.4 Å². The number of ether oxygens (including phenoxy) is 1. The van der Waals surface area contributed by atoms with E-state index in [9.17, 15) is 14.0 Å². The molecule has 0 fully saturated rings. The van der Waals surface area contributed by atoms with Gasteiger partial charge in [0.2, 0.25) is 0 Å². The highest BCUT2D eigenvalue weighted by Gasteiger charge is 2.20. The normalized spacial score (nSPS) is 10.6. The lowest BCUT2D eigenvalue weighted by molar-refractivity contribution is 0.0789. The molecule has 0 saturated heterocycles. The summed E-state index contributed by atoms with van der Waals surface area (Å²) in [5.74, 6) is -0.720. The van der Waals surface area contributed by atoms with Crippen molar-refractivity contribution in [2.24, 2.45) is 0 Å². The van der Waals surface area contributed by atoms with Crippen LogP contribution in [-0.4, -0.2) is 30.9 Å². The van der Waals surface area contributed by atoms with Gasteiger partial charge in [-0.25, -0.2) is 4.39 Å². The van der Waals surface area contributed by atoms with Crippen molar-refractivity contribution in [1.82, 2.24) is 4.90 Å². The number of carbonyl (C=O) groups is 2. The summed E-state index contributed by atoms with van der Waals surface area (Å²) in [6.07, 6.45) is 1.42. The number of hydrogen-bond donors (Lipinski definition) is 1. The molecule has 6 nitrogen and oxygen atoms in total. The standard InChI is InChI=1S/C20H19FN2O4S/c1-12-9-17(22-19(24)16-5-4-8-27-16)28-18(12)20(25)23(2)11-13-6-7-15(26-3)14(21)10-13/h4-10H,11H2,1-3H3,(H,22,24). The topological polar surface area (TPSA) is 71.8 Å². The van der Waals surface area contributed by atoms with Crippen LogP contribution in [0.25, 0.3) is 0 Å². The minimum atomic E-state index is -0.476. The van der Waals surface area contributed by atoms with Crippen molar-refractivity contribution in [2.45, 2.75) is 13.5 Å². The molecule has 1 N–H and O–H groups in total. The molecule has 2 amide bonds. The second-order valence-electron chi connectivity index (χ2n) is 6.18. The summed E-state index contributed by atoms with van der Waals surface area (Å²) in [6, 6.07) is 9.51. The van der Waals surface area contributed by atoms with Crippen molar-refractivity contribution in [3.05, 3.63) is 70.2 Å². The Morgan fingerprint density at radius 3 is 2.71 bits per heavy atom. The zero-order chi connectivity index (χ0) is 20.3. The fourth-order valence-corrected chi connectivity index (χ4v) is 3.73. The molecule has 8 heteroatoms. The van der Waals surface area contributed by atoms with Gasteiger partial charge in [-0.3, -0.25) is 9.59 Å². The van der Waals surface area contributed by atoms with Gasteiger partial charge in [0.15, 0.2) is 17.3 Å². The fraction of sp³-hybridized carbons (Fsp3) is 0.200. The summed E-state index contributed by atoms with van der Waals surface area (Å²) in [6.45, 7) is 2.04. The van der Waals surface area contributed by atoms with E-state index in [4.69, 9.17) is 9.15 Å². The van der Waals surface area contributed by atoms with Gasteiger partial charge in [-0.15, -0.1) is 11.3 Å². The van der Waals surface area contributed by atoms with E-state index in [1.807, 2.05) is 0 Å². The van der Waals surface area contributed by atoms with E-state index in [2.05, 4.69) is 5.32 Å². The second-order valence-corrected chi connectivity index (χ2v) is 7.24. The Balaban J connectivity index is 1.70. The number of amides is 2. The van der Waals surface area contributed by atoms with Gasteiger partial charge >= 0.3 is 0 Å². The molecule has 0 aliphatic heterocycles. The predicted molar refractivity (Wildman–Crippen MR) is 104 cm³/mol. The first kappa shape index (κ1) is 19.6. The van der Waals surface area contributed by atoms with E-state index < -0.39 is 5.82 Å². The maximum Gasteiger partial charge on any atom is 0.291 e. The number of aryl methyl sites for hydroxylation is 1. The summed E-state index contributed by atoms with van der Waals surface area (Å²) >= 11 is 1.18. The Bertz CT molecular complexity index is 998. The van der Waals surface area contributed by atoms with Gasteiger partial charge in [-0.2, -0.15) is 0 Å². The molecule has 0 radical (unpaired) electrons. The van der Waals surface area contributed by atoms with Crippen molar-refractivity contribution < 1.29 is 23.1 Å². The van der Waals surface area contributed by atoms with Gasteiger partial charge in [0.05, 0.1) is 23.3 Å². The van der Waals surface area contributed by atoms with Crippen LogP contribution in [0.5, 0.6) is 5.75 Å². The second kappa shape index (κ2) is 8.26. The van der Waals surface area contributed by atoms with Crippen LogP contribution in [0.15, 0.2) is 47.1 Å². The Kier molecular flexibility index (Phi) is 5.79. The number of nitrogens with zero attached hydrogens (tertiary/aromatic N) is 1. The molecular weight excluding hydrogens is 383 g/mol. The number of rotatable bonds is 6. The summed E-state index contributed by atoms with van der Waals surface area (Å²) in [4.78, 5) is 26.9. The van der Waals surface area contributed by atoms with Crippen molar-refractivity contribution in [2.75, 3.05) is 19.5 Å². The predicted octanol–water partition coefficient (Wildman–Crippen LogP) is 4.32. The first-order valence-corrected chi connectivity index (χ1v) is 9.24. The van der Waals surface area contributed by atoms with Crippen LogP contribution >= 0.6 is 11.3 Å². The van der Waals surface area contributed by atoms with Gasteiger partial charge in [0.1, 0.15) is 0 Å². The lowest BCUT2D eigenvalue weighted by Gasteiger charge is -2.17. The van der Waals surface area contributed by atoms with Crippen LogP contribution in [0.1, 0.15) is 31.4 Å². The van der Waals surface area contributed by atoms with Gasteiger partial charge in [-0.05, 0) is 48.4 Å². The van der Waals surface area contributed by atoms with E-state index in [0.29, 0.717) is 15.4 Å². The molecule has 2 heterocycles. The third kappa shape index (κ3) is 4.23. The van der Waals surface area contributed by atoms with Crippen LogP contribution in [-0.2, 0) is 6.54 Å². The number of benzene rings is 1. The van der Waals surface area contributed by atoms with E-state index in [1.165, 1.54) is 41.7 Å². The highest BCUT2D eigenvalue weighted by molar-refractivity contribution is 7.18. The average Bonchev–Trinajstić information content (AvgIpc) is 3.31. The largest absolute Gasteiger partial charge is 0.494 e. The number of furan rings is 1.